The van der Waals surface area contributed by atoms with Crippen molar-refractivity contribution in [3.8, 4) is 0 Å². The SMILES string of the molecule is O=S([O-])(=S)OC1CCCCC1.[Na+]. The fourth-order valence-corrected chi connectivity index (χ4v) is 2.19. The number of rotatable bonds is 2. The van der Waals surface area contributed by atoms with Crippen molar-refractivity contribution in [3.63, 3.8) is 0 Å². The van der Waals surface area contributed by atoms with Gasteiger partial charge in [-0.2, -0.15) is 0 Å². The Morgan fingerprint density at radius 1 is 1.33 bits per heavy atom. The smallest absolute Gasteiger partial charge is 0.748 e. The van der Waals surface area contributed by atoms with Crippen LogP contribution in [0.2, 0.25) is 0 Å². The van der Waals surface area contributed by atoms with Crippen LogP contribution in [0, 0.1) is 0 Å². The van der Waals surface area contributed by atoms with Gasteiger partial charge in [0, 0.05) is 0 Å². The van der Waals surface area contributed by atoms with Crippen LogP contribution in [0.3, 0.4) is 0 Å². The van der Waals surface area contributed by atoms with Crippen molar-refractivity contribution in [1.29, 1.82) is 0 Å². The fraction of sp³-hybridized carbons (Fsp3) is 1.00. The van der Waals surface area contributed by atoms with Crippen molar-refractivity contribution in [2.45, 2.75) is 38.2 Å². The molecule has 0 spiro atoms. The van der Waals surface area contributed by atoms with E-state index in [4.69, 9.17) is 0 Å². The molecular formula is C6H11NaO3S2. The van der Waals surface area contributed by atoms with E-state index in [9.17, 15) is 8.76 Å². The van der Waals surface area contributed by atoms with E-state index in [0.717, 1.165) is 25.7 Å². The van der Waals surface area contributed by atoms with Crippen LogP contribution in [0.4, 0.5) is 0 Å². The van der Waals surface area contributed by atoms with Gasteiger partial charge in [-0.25, -0.2) is 4.21 Å². The molecular weight excluding hydrogens is 207 g/mol. The van der Waals surface area contributed by atoms with Crippen molar-refractivity contribution in [2.75, 3.05) is 0 Å². The molecule has 0 aromatic rings. The zero-order valence-corrected chi connectivity index (χ0v) is 10.8. The Morgan fingerprint density at radius 3 is 2.25 bits per heavy atom. The second-order valence-corrected chi connectivity index (χ2v) is 5.00. The first-order valence-electron chi connectivity index (χ1n) is 3.72. The van der Waals surface area contributed by atoms with Crippen LogP contribution in [-0.2, 0) is 24.4 Å². The molecule has 1 rings (SSSR count). The molecule has 0 radical (unpaired) electrons. The minimum absolute atomic E-state index is 0. The molecule has 0 bridgehead atoms. The normalized spacial score (nSPS) is 24.1. The molecule has 0 heterocycles. The molecule has 1 fully saturated rings. The average molecular weight is 218 g/mol. The Morgan fingerprint density at radius 2 is 1.83 bits per heavy atom. The van der Waals surface area contributed by atoms with Crippen LogP contribution in [0.25, 0.3) is 0 Å². The standard InChI is InChI=1S/C6H12O3S2.Na/c7-11(8,10)9-6-4-2-1-3-5-6;/h6H,1-5H2,(H,7,8,10);/q;+1/p-1. The van der Waals surface area contributed by atoms with Gasteiger partial charge in [0.1, 0.15) is 0 Å². The number of hydrogen-bond donors (Lipinski definition) is 0. The molecule has 1 unspecified atom stereocenters. The Labute approximate surface area is 100 Å². The van der Waals surface area contributed by atoms with E-state index in [0.29, 0.717) is 0 Å². The zero-order chi connectivity index (χ0) is 8.32. The molecule has 0 N–H and O–H groups in total. The Hall–Kier alpha value is 1.29. The molecule has 1 aliphatic rings. The van der Waals surface area contributed by atoms with Crippen molar-refractivity contribution in [1.82, 2.24) is 0 Å². The Balaban J connectivity index is 0.00000121. The summed E-state index contributed by atoms with van der Waals surface area (Å²) < 4.78 is 25.6. The van der Waals surface area contributed by atoms with E-state index in [1.807, 2.05) is 0 Å². The van der Waals surface area contributed by atoms with Crippen molar-refractivity contribution in [2.24, 2.45) is 0 Å². The van der Waals surface area contributed by atoms with Gasteiger partial charge in [0.2, 0.25) is 0 Å². The number of hydrogen-bond acceptors (Lipinski definition) is 4. The van der Waals surface area contributed by atoms with E-state index in [1.54, 1.807) is 0 Å². The van der Waals surface area contributed by atoms with Gasteiger partial charge in [-0.3, -0.25) is 4.18 Å². The molecule has 3 nitrogen and oxygen atoms in total. The third kappa shape index (κ3) is 5.85. The third-order valence-corrected chi connectivity index (χ3v) is 2.55. The van der Waals surface area contributed by atoms with Gasteiger partial charge in [0.05, 0.1) is 15.2 Å². The maximum absolute atomic E-state index is 10.5. The molecule has 0 aromatic heterocycles. The van der Waals surface area contributed by atoms with E-state index in [2.05, 4.69) is 15.4 Å². The summed E-state index contributed by atoms with van der Waals surface area (Å²) >= 11 is 4.12. The van der Waals surface area contributed by atoms with Crippen LogP contribution in [0.1, 0.15) is 32.1 Å². The Bertz CT molecular complexity index is 209. The molecule has 66 valence electrons. The van der Waals surface area contributed by atoms with E-state index in [1.165, 1.54) is 6.42 Å². The minimum atomic E-state index is -3.64. The first-order chi connectivity index (χ1) is 5.08. The van der Waals surface area contributed by atoms with E-state index in [-0.39, 0.29) is 35.7 Å². The summed E-state index contributed by atoms with van der Waals surface area (Å²) in [6, 6.07) is 0. The molecule has 1 atom stereocenters. The van der Waals surface area contributed by atoms with Crippen molar-refractivity contribution in [3.05, 3.63) is 0 Å². The van der Waals surface area contributed by atoms with Gasteiger partial charge in [-0.1, -0.05) is 19.3 Å². The molecule has 0 aromatic carbocycles. The minimum Gasteiger partial charge on any atom is -0.748 e. The molecule has 1 saturated carbocycles. The molecule has 0 saturated heterocycles. The quantitative estimate of drug-likeness (QED) is 0.510. The first-order valence-corrected chi connectivity index (χ1v) is 6.05. The van der Waals surface area contributed by atoms with Crippen LogP contribution < -0.4 is 29.6 Å². The molecule has 12 heavy (non-hydrogen) atoms. The fourth-order valence-electron chi connectivity index (χ4n) is 1.33. The van der Waals surface area contributed by atoms with Crippen molar-refractivity contribution >= 4 is 20.2 Å². The van der Waals surface area contributed by atoms with Gasteiger partial charge in [0.25, 0.3) is 0 Å². The second-order valence-electron chi connectivity index (χ2n) is 2.76. The topological polar surface area (TPSA) is 49.4 Å². The van der Waals surface area contributed by atoms with Gasteiger partial charge < -0.3 is 4.55 Å². The summed E-state index contributed by atoms with van der Waals surface area (Å²) in [5, 5.41) is 0. The van der Waals surface area contributed by atoms with Crippen LogP contribution in [0.5, 0.6) is 0 Å². The average Bonchev–Trinajstić information content (AvgIpc) is 1.85. The molecule has 0 aliphatic heterocycles. The monoisotopic (exact) mass is 218 g/mol. The van der Waals surface area contributed by atoms with Gasteiger partial charge >= 0.3 is 29.6 Å². The van der Waals surface area contributed by atoms with Crippen LogP contribution in [0.15, 0.2) is 0 Å². The summed E-state index contributed by atoms with van der Waals surface area (Å²) in [4.78, 5) is 0. The summed E-state index contributed by atoms with van der Waals surface area (Å²) in [5.74, 6) is 0. The van der Waals surface area contributed by atoms with Gasteiger partial charge in [-0.05, 0) is 24.0 Å². The predicted octanol–water partition coefficient (Wildman–Crippen LogP) is -1.87. The van der Waals surface area contributed by atoms with Gasteiger partial charge in [0.15, 0.2) is 0 Å². The Kier molecular flexibility index (Phi) is 6.54. The maximum atomic E-state index is 10.5. The second kappa shape index (κ2) is 5.90. The molecule has 1 aliphatic carbocycles. The van der Waals surface area contributed by atoms with E-state index < -0.39 is 9.05 Å². The van der Waals surface area contributed by atoms with Crippen LogP contribution >= 0.6 is 0 Å². The third-order valence-electron chi connectivity index (χ3n) is 1.81. The summed E-state index contributed by atoms with van der Waals surface area (Å²) in [6.45, 7) is 0. The van der Waals surface area contributed by atoms with Crippen LogP contribution in [-0.4, -0.2) is 14.9 Å². The zero-order valence-electron chi connectivity index (χ0n) is 7.15. The maximum Gasteiger partial charge on any atom is 1.00 e. The van der Waals surface area contributed by atoms with Gasteiger partial charge in [-0.15, -0.1) is 0 Å². The molecule has 0 amide bonds. The largest absolute Gasteiger partial charge is 1.00 e. The molecule has 6 heteroatoms. The van der Waals surface area contributed by atoms with Crippen molar-refractivity contribution < 1.29 is 42.5 Å². The first kappa shape index (κ1) is 13.3. The van der Waals surface area contributed by atoms with E-state index >= 15 is 0 Å². The summed E-state index contributed by atoms with van der Waals surface area (Å²) in [5.41, 5.74) is 0. The summed E-state index contributed by atoms with van der Waals surface area (Å²) in [6.07, 6.45) is 4.79. The predicted molar refractivity (Wildman–Crippen MR) is 44.2 cm³/mol. The summed E-state index contributed by atoms with van der Waals surface area (Å²) in [7, 11) is -3.64.